The van der Waals surface area contributed by atoms with Gasteiger partial charge in [0, 0.05) is 30.0 Å². The van der Waals surface area contributed by atoms with Gasteiger partial charge in [-0.25, -0.2) is 0 Å². The Morgan fingerprint density at radius 1 is 0.971 bits per heavy atom. The van der Waals surface area contributed by atoms with Crippen molar-refractivity contribution in [2.75, 3.05) is 0 Å². The minimum Gasteiger partial charge on any atom is -0.481 e. The van der Waals surface area contributed by atoms with Crippen LogP contribution in [0, 0.1) is 6.92 Å². The maximum absolute atomic E-state index is 13.4. The Kier molecular flexibility index (Phi) is 9.23. The molecule has 0 saturated heterocycles. The molecule has 0 aliphatic carbocycles. The summed E-state index contributed by atoms with van der Waals surface area (Å²) in [6.07, 6.45) is -1.34. The highest BCUT2D eigenvalue weighted by molar-refractivity contribution is 6.03. The molecule has 7 heteroatoms. The van der Waals surface area contributed by atoms with Crippen molar-refractivity contribution in [2.24, 2.45) is 0 Å². The summed E-state index contributed by atoms with van der Waals surface area (Å²) in [5, 5.41) is 32.2. The van der Waals surface area contributed by atoms with Crippen LogP contribution >= 0.6 is 0 Å². The Hall–Kier alpha value is -3.42. The van der Waals surface area contributed by atoms with Gasteiger partial charge in [-0.1, -0.05) is 67.6 Å². The smallest absolute Gasteiger partial charge is 0.305 e. The fourth-order valence-corrected chi connectivity index (χ4v) is 4.52. The maximum atomic E-state index is 13.4. The van der Waals surface area contributed by atoms with Crippen molar-refractivity contribution in [2.45, 2.75) is 64.8 Å². The number of aromatic nitrogens is 1. The molecular formula is C28H34N2O5. The minimum absolute atomic E-state index is 0.00989. The highest BCUT2D eigenvalue weighted by atomic mass is 16.4. The van der Waals surface area contributed by atoms with E-state index >= 15 is 0 Å². The molecular weight excluding hydrogens is 444 g/mol. The van der Waals surface area contributed by atoms with Crippen molar-refractivity contribution >= 4 is 11.9 Å². The molecule has 0 spiro atoms. The van der Waals surface area contributed by atoms with E-state index in [9.17, 15) is 19.8 Å². The number of hydrogen-bond donors (Lipinski definition) is 4. The predicted octanol–water partition coefficient (Wildman–Crippen LogP) is 3.93. The zero-order valence-corrected chi connectivity index (χ0v) is 20.3. The van der Waals surface area contributed by atoms with E-state index in [1.54, 1.807) is 0 Å². The van der Waals surface area contributed by atoms with Crippen LogP contribution < -0.4 is 5.32 Å². The van der Waals surface area contributed by atoms with Crippen LogP contribution in [-0.4, -0.2) is 44.0 Å². The van der Waals surface area contributed by atoms with Crippen LogP contribution in [0.2, 0.25) is 0 Å². The summed E-state index contributed by atoms with van der Waals surface area (Å²) < 4.78 is 2.06. The normalized spacial score (nSPS) is 12.8. The third-order valence-electron chi connectivity index (χ3n) is 6.19. The first-order valence-electron chi connectivity index (χ1n) is 12.0. The van der Waals surface area contributed by atoms with Gasteiger partial charge in [-0.05, 0) is 37.3 Å². The second-order valence-electron chi connectivity index (χ2n) is 8.75. The van der Waals surface area contributed by atoms with Crippen LogP contribution in [0.5, 0.6) is 0 Å². The van der Waals surface area contributed by atoms with Crippen LogP contribution in [0.1, 0.15) is 53.5 Å². The molecule has 35 heavy (non-hydrogen) atoms. The number of hydrogen-bond acceptors (Lipinski definition) is 4. The van der Waals surface area contributed by atoms with Crippen molar-refractivity contribution in [1.82, 2.24) is 9.88 Å². The summed E-state index contributed by atoms with van der Waals surface area (Å²) in [5.74, 6) is -1.26. The molecule has 3 aromatic rings. The topological polar surface area (TPSA) is 112 Å². The summed E-state index contributed by atoms with van der Waals surface area (Å²) in [6, 6.07) is 19.5. The highest BCUT2D eigenvalue weighted by Crippen LogP contribution is 2.34. The number of carbonyl (C=O) groups is 2. The molecule has 1 heterocycles. The first-order chi connectivity index (χ1) is 16.8. The second kappa shape index (κ2) is 12.3. The number of nitrogens with zero attached hydrogens (tertiary/aromatic N) is 1. The minimum atomic E-state index is -1.10. The molecule has 0 radical (unpaired) electrons. The van der Waals surface area contributed by atoms with E-state index in [-0.39, 0.29) is 12.3 Å². The van der Waals surface area contributed by atoms with E-state index in [4.69, 9.17) is 5.11 Å². The standard InChI is InChI=1S/C28H34N2O5/c1-3-24-27(21-12-8-5-9-13-21)26(28(35)29-18-20-10-6-4-7-11-20)19(2)30(24)15-14-22(31)16-23(32)17-25(33)34/h4-13,22-23,31-32H,3,14-18H2,1-2H3,(H,29,35)(H,33,34)/t22-,23-/m1/s1. The van der Waals surface area contributed by atoms with Crippen LogP contribution in [0.3, 0.4) is 0 Å². The molecule has 186 valence electrons. The third kappa shape index (κ3) is 6.81. The molecule has 0 saturated carbocycles. The van der Waals surface area contributed by atoms with E-state index in [0.29, 0.717) is 31.5 Å². The lowest BCUT2D eigenvalue weighted by Gasteiger charge is -2.17. The van der Waals surface area contributed by atoms with Crippen LogP contribution in [-0.2, 0) is 24.3 Å². The molecule has 1 aromatic heterocycles. The fraction of sp³-hybridized carbons (Fsp3) is 0.357. The van der Waals surface area contributed by atoms with E-state index < -0.39 is 24.6 Å². The van der Waals surface area contributed by atoms with Gasteiger partial charge in [-0.15, -0.1) is 0 Å². The van der Waals surface area contributed by atoms with Gasteiger partial charge < -0.3 is 25.2 Å². The van der Waals surface area contributed by atoms with Gasteiger partial charge in [0.15, 0.2) is 0 Å². The lowest BCUT2D eigenvalue weighted by molar-refractivity contribution is -0.139. The molecule has 0 aliphatic heterocycles. The Balaban J connectivity index is 1.89. The maximum Gasteiger partial charge on any atom is 0.305 e. The number of amides is 1. The molecule has 0 fully saturated rings. The van der Waals surface area contributed by atoms with Gasteiger partial charge in [-0.3, -0.25) is 9.59 Å². The number of aliphatic carboxylic acids is 1. The van der Waals surface area contributed by atoms with Gasteiger partial charge in [0.1, 0.15) is 0 Å². The second-order valence-corrected chi connectivity index (χ2v) is 8.75. The van der Waals surface area contributed by atoms with Crippen molar-refractivity contribution < 1.29 is 24.9 Å². The molecule has 0 bridgehead atoms. The average molecular weight is 479 g/mol. The Morgan fingerprint density at radius 2 is 1.60 bits per heavy atom. The first-order valence-corrected chi connectivity index (χ1v) is 12.0. The third-order valence-corrected chi connectivity index (χ3v) is 6.19. The average Bonchev–Trinajstić information content (AvgIpc) is 3.13. The van der Waals surface area contributed by atoms with Gasteiger partial charge in [0.2, 0.25) is 0 Å². The number of benzene rings is 2. The SMILES string of the molecule is CCc1c(-c2ccccc2)c(C(=O)NCc2ccccc2)c(C)n1CC[C@@H](O)C[C@@H](O)CC(=O)O. The van der Waals surface area contributed by atoms with Gasteiger partial charge in [0.25, 0.3) is 5.91 Å². The lowest BCUT2D eigenvalue weighted by Crippen LogP contribution is -2.24. The zero-order valence-electron chi connectivity index (χ0n) is 20.3. The van der Waals surface area contributed by atoms with E-state index in [0.717, 1.165) is 28.1 Å². The van der Waals surface area contributed by atoms with Gasteiger partial charge >= 0.3 is 5.97 Å². The molecule has 2 atom stereocenters. The quantitative estimate of drug-likeness (QED) is 0.315. The summed E-state index contributed by atoms with van der Waals surface area (Å²) in [6.45, 7) is 4.81. The van der Waals surface area contributed by atoms with E-state index in [1.807, 2.05) is 74.5 Å². The number of aliphatic hydroxyl groups excluding tert-OH is 2. The number of aliphatic hydroxyl groups is 2. The summed E-state index contributed by atoms with van der Waals surface area (Å²) in [7, 11) is 0. The Bertz CT molecular complexity index is 1130. The van der Waals surface area contributed by atoms with Crippen molar-refractivity contribution in [1.29, 1.82) is 0 Å². The number of carboxylic acid groups (broad SMARTS) is 1. The molecule has 0 aliphatic rings. The van der Waals surface area contributed by atoms with Crippen molar-refractivity contribution in [3.05, 3.63) is 83.2 Å². The molecule has 7 nitrogen and oxygen atoms in total. The molecule has 0 unspecified atom stereocenters. The number of carboxylic acids is 1. The number of rotatable bonds is 12. The summed E-state index contributed by atoms with van der Waals surface area (Å²) >= 11 is 0. The first kappa shape index (κ1) is 26.2. The summed E-state index contributed by atoms with van der Waals surface area (Å²) in [4.78, 5) is 24.2. The Labute approximate surface area is 206 Å². The monoisotopic (exact) mass is 478 g/mol. The van der Waals surface area contributed by atoms with Crippen molar-refractivity contribution in [3.8, 4) is 11.1 Å². The van der Waals surface area contributed by atoms with Crippen LogP contribution in [0.15, 0.2) is 60.7 Å². The van der Waals surface area contributed by atoms with Crippen LogP contribution in [0.25, 0.3) is 11.1 Å². The largest absolute Gasteiger partial charge is 0.481 e. The highest BCUT2D eigenvalue weighted by Gasteiger charge is 2.26. The van der Waals surface area contributed by atoms with E-state index in [2.05, 4.69) is 9.88 Å². The molecule has 3 rings (SSSR count). The number of carbonyl (C=O) groups excluding carboxylic acids is 1. The molecule has 1 amide bonds. The number of nitrogens with one attached hydrogen (secondary N) is 1. The Morgan fingerprint density at radius 3 is 2.20 bits per heavy atom. The van der Waals surface area contributed by atoms with Gasteiger partial charge in [-0.2, -0.15) is 0 Å². The lowest BCUT2D eigenvalue weighted by atomic mass is 9.98. The van der Waals surface area contributed by atoms with E-state index in [1.165, 1.54) is 0 Å². The fourth-order valence-electron chi connectivity index (χ4n) is 4.52. The van der Waals surface area contributed by atoms with Gasteiger partial charge in [0.05, 0.1) is 24.2 Å². The molecule has 4 N–H and O–H groups in total. The van der Waals surface area contributed by atoms with Crippen LogP contribution in [0.4, 0.5) is 0 Å². The molecule has 2 aromatic carbocycles. The zero-order chi connectivity index (χ0) is 25.4. The predicted molar refractivity (Wildman–Crippen MR) is 135 cm³/mol. The van der Waals surface area contributed by atoms with Crippen molar-refractivity contribution in [3.63, 3.8) is 0 Å². The summed E-state index contributed by atoms with van der Waals surface area (Å²) in [5.41, 5.74) is 5.27.